The van der Waals surface area contributed by atoms with E-state index in [2.05, 4.69) is 43.1 Å². The minimum atomic E-state index is -0.852. The van der Waals surface area contributed by atoms with E-state index in [9.17, 15) is 4.79 Å². The Morgan fingerprint density at radius 3 is 2.58 bits per heavy atom. The maximum Gasteiger partial charge on any atom is 0.304 e. The molecule has 0 amide bonds. The summed E-state index contributed by atoms with van der Waals surface area (Å²) in [5.74, 6) is -0.0661. The number of hydrogen-bond acceptors (Lipinski definition) is 5. The van der Waals surface area contributed by atoms with Gasteiger partial charge in [-0.25, -0.2) is 4.39 Å². The van der Waals surface area contributed by atoms with Gasteiger partial charge in [-0.1, -0.05) is 19.1 Å². The molecule has 1 N–H and O–H groups in total. The van der Waals surface area contributed by atoms with Gasteiger partial charge in [0, 0.05) is 28.7 Å². The molecule has 0 bridgehead atoms. The van der Waals surface area contributed by atoms with Gasteiger partial charge in [0.1, 0.15) is 23.4 Å². The van der Waals surface area contributed by atoms with Gasteiger partial charge >= 0.3 is 5.97 Å². The molecule has 40 heavy (non-hydrogen) atoms. The van der Waals surface area contributed by atoms with E-state index in [4.69, 9.17) is 14.6 Å². The maximum absolute atomic E-state index is 15.3. The molecule has 6 nitrogen and oxygen atoms in total. The number of carboxylic acid groups (broad SMARTS) is 1. The lowest BCUT2D eigenvalue weighted by molar-refractivity contribution is -0.137. The molecule has 6 rings (SSSR count). The summed E-state index contributed by atoms with van der Waals surface area (Å²) in [6, 6.07) is 17.2. The smallest absolute Gasteiger partial charge is 0.304 e. The minimum Gasteiger partial charge on any atom is -0.492 e. The standard InChI is InChI=1S/C33H31FN2O4/c1-4-22-5-11-28(36-35-22)20-13-18(2)32(19(3)14-20)25-8-10-27(34)33-26(25)9-12-29(33)40-23-6-7-24-21(15-31(37)38)17-39-30(24)16-23/h5-8,10-11,13-14,16,21,29H,4,9,12,15,17H2,1-3H3,(H,37,38)/t21?,29-/m1/s1. The number of hydrogen-bond donors (Lipinski definition) is 1. The molecule has 1 aliphatic carbocycles. The number of halogens is 1. The van der Waals surface area contributed by atoms with E-state index >= 15 is 4.39 Å². The Hall–Kier alpha value is -4.26. The third kappa shape index (κ3) is 4.70. The Labute approximate surface area is 232 Å². The van der Waals surface area contributed by atoms with Gasteiger partial charge in [-0.2, -0.15) is 10.2 Å². The van der Waals surface area contributed by atoms with Gasteiger partial charge in [-0.05, 0) is 97.3 Å². The largest absolute Gasteiger partial charge is 0.492 e. The third-order valence-electron chi connectivity index (χ3n) is 8.03. The molecule has 2 heterocycles. The number of benzene rings is 3. The van der Waals surface area contributed by atoms with Crippen LogP contribution in [0.4, 0.5) is 4.39 Å². The molecular weight excluding hydrogens is 507 g/mol. The number of rotatable bonds is 7. The Balaban J connectivity index is 1.30. The van der Waals surface area contributed by atoms with Crippen LogP contribution in [0, 0.1) is 19.7 Å². The maximum atomic E-state index is 15.3. The minimum absolute atomic E-state index is 0.0234. The van der Waals surface area contributed by atoms with Crippen LogP contribution in [0.2, 0.25) is 0 Å². The number of aromatic nitrogens is 2. The van der Waals surface area contributed by atoms with Crippen molar-refractivity contribution in [2.45, 2.75) is 58.5 Å². The predicted octanol–water partition coefficient (Wildman–Crippen LogP) is 7.15. The van der Waals surface area contributed by atoms with Gasteiger partial charge < -0.3 is 14.6 Å². The van der Waals surface area contributed by atoms with E-state index < -0.39 is 12.1 Å². The number of aryl methyl sites for hydroxylation is 3. The van der Waals surface area contributed by atoms with Gasteiger partial charge in [0.2, 0.25) is 0 Å². The first-order valence-electron chi connectivity index (χ1n) is 13.7. The van der Waals surface area contributed by atoms with Crippen LogP contribution in [0.25, 0.3) is 22.4 Å². The van der Waals surface area contributed by atoms with Gasteiger partial charge in [0.05, 0.1) is 24.4 Å². The highest BCUT2D eigenvalue weighted by Crippen LogP contribution is 2.45. The molecule has 204 valence electrons. The fourth-order valence-corrected chi connectivity index (χ4v) is 6.14. The van der Waals surface area contributed by atoms with Crippen LogP contribution < -0.4 is 9.47 Å². The quantitative estimate of drug-likeness (QED) is 0.269. The molecule has 0 saturated carbocycles. The average molecular weight is 539 g/mol. The molecule has 0 radical (unpaired) electrons. The van der Waals surface area contributed by atoms with Gasteiger partial charge in [0.25, 0.3) is 0 Å². The molecule has 1 aliphatic heterocycles. The number of ether oxygens (including phenoxy) is 2. The first-order chi connectivity index (χ1) is 19.3. The summed E-state index contributed by atoms with van der Waals surface area (Å²) in [5, 5.41) is 17.9. The normalized spacial score (nSPS) is 17.3. The zero-order chi connectivity index (χ0) is 28.0. The van der Waals surface area contributed by atoms with Crippen molar-refractivity contribution in [2.75, 3.05) is 6.61 Å². The molecule has 0 fully saturated rings. The van der Waals surface area contributed by atoms with E-state index in [1.165, 1.54) is 0 Å². The topological polar surface area (TPSA) is 81.5 Å². The number of aliphatic carboxylic acids is 1. The van der Waals surface area contributed by atoms with Crippen molar-refractivity contribution < 1.29 is 23.8 Å². The van der Waals surface area contributed by atoms with Crippen LogP contribution >= 0.6 is 0 Å². The van der Waals surface area contributed by atoms with E-state index in [1.807, 2.05) is 30.3 Å². The van der Waals surface area contributed by atoms with Crippen LogP contribution in [0.3, 0.4) is 0 Å². The Kier molecular flexibility index (Phi) is 6.74. The second-order valence-electron chi connectivity index (χ2n) is 10.7. The van der Waals surface area contributed by atoms with E-state index in [-0.39, 0.29) is 18.2 Å². The zero-order valence-corrected chi connectivity index (χ0v) is 22.8. The highest BCUT2D eigenvalue weighted by atomic mass is 19.1. The highest BCUT2D eigenvalue weighted by molar-refractivity contribution is 5.79. The molecular formula is C33H31FN2O4. The summed E-state index contributed by atoms with van der Waals surface area (Å²) >= 11 is 0. The molecule has 2 aliphatic rings. The van der Waals surface area contributed by atoms with Crippen LogP contribution in [0.15, 0.2) is 54.6 Å². The van der Waals surface area contributed by atoms with E-state index in [1.54, 1.807) is 12.1 Å². The Bertz CT molecular complexity index is 1590. The Morgan fingerprint density at radius 2 is 1.88 bits per heavy atom. The number of nitrogens with zero attached hydrogens (tertiary/aromatic N) is 2. The van der Waals surface area contributed by atoms with Crippen molar-refractivity contribution in [2.24, 2.45) is 0 Å². The van der Waals surface area contributed by atoms with E-state index in [0.29, 0.717) is 36.5 Å². The monoisotopic (exact) mass is 538 g/mol. The highest BCUT2D eigenvalue weighted by Gasteiger charge is 2.32. The zero-order valence-electron chi connectivity index (χ0n) is 22.8. The molecule has 0 saturated heterocycles. The summed E-state index contributed by atoms with van der Waals surface area (Å²) in [6.45, 7) is 6.56. The van der Waals surface area contributed by atoms with Crippen molar-refractivity contribution in [3.05, 3.63) is 93.9 Å². The van der Waals surface area contributed by atoms with Crippen molar-refractivity contribution in [1.29, 1.82) is 0 Å². The SMILES string of the molecule is CCc1ccc(-c2cc(C)c(-c3ccc(F)c4c3CC[C@H]4Oc3ccc4c(c3)OCC4CC(=O)O)c(C)c2)nn1. The second-order valence-corrected chi connectivity index (χ2v) is 10.7. The van der Waals surface area contributed by atoms with Crippen molar-refractivity contribution in [3.8, 4) is 33.9 Å². The van der Waals surface area contributed by atoms with Crippen LogP contribution in [0.1, 0.15) is 65.3 Å². The summed E-state index contributed by atoms with van der Waals surface area (Å²) in [5.41, 5.74) is 9.60. The summed E-state index contributed by atoms with van der Waals surface area (Å²) in [6.07, 6.45) is 1.82. The summed E-state index contributed by atoms with van der Waals surface area (Å²) < 4.78 is 27.4. The first kappa shape index (κ1) is 26.0. The van der Waals surface area contributed by atoms with E-state index in [0.717, 1.165) is 56.8 Å². The van der Waals surface area contributed by atoms with Crippen molar-refractivity contribution in [3.63, 3.8) is 0 Å². The molecule has 4 aromatic rings. The molecule has 7 heteroatoms. The average Bonchev–Trinajstić information content (AvgIpc) is 3.54. The van der Waals surface area contributed by atoms with Gasteiger partial charge in [-0.15, -0.1) is 0 Å². The van der Waals surface area contributed by atoms with Gasteiger partial charge in [0.15, 0.2) is 0 Å². The first-order valence-corrected chi connectivity index (χ1v) is 13.7. The summed E-state index contributed by atoms with van der Waals surface area (Å²) in [7, 11) is 0. The van der Waals surface area contributed by atoms with Crippen molar-refractivity contribution >= 4 is 5.97 Å². The summed E-state index contributed by atoms with van der Waals surface area (Å²) in [4.78, 5) is 11.2. The molecule has 1 aromatic heterocycles. The van der Waals surface area contributed by atoms with Crippen LogP contribution in [-0.4, -0.2) is 27.9 Å². The lowest BCUT2D eigenvalue weighted by atomic mass is 9.88. The third-order valence-corrected chi connectivity index (χ3v) is 8.03. The van der Waals surface area contributed by atoms with Crippen LogP contribution in [-0.2, 0) is 17.6 Å². The molecule has 3 aromatic carbocycles. The number of carboxylic acids is 1. The molecule has 1 unspecified atom stereocenters. The fourth-order valence-electron chi connectivity index (χ4n) is 6.14. The lowest BCUT2D eigenvalue weighted by Gasteiger charge is -2.19. The second kappa shape index (κ2) is 10.4. The van der Waals surface area contributed by atoms with Crippen LogP contribution in [0.5, 0.6) is 11.5 Å². The van der Waals surface area contributed by atoms with Gasteiger partial charge in [-0.3, -0.25) is 4.79 Å². The number of carbonyl (C=O) groups is 1. The Morgan fingerprint density at radius 1 is 1.07 bits per heavy atom. The van der Waals surface area contributed by atoms with Crippen molar-refractivity contribution in [1.82, 2.24) is 10.2 Å². The predicted molar refractivity (Wildman–Crippen MR) is 150 cm³/mol. The fraction of sp³-hybridized carbons (Fsp3) is 0.303. The number of fused-ring (bicyclic) bond motifs is 2. The molecule has 0 spiro atoms. The molecule has 2 atom stereocenters. The lowest BCUT2D eigenvalue weighted by Crippen LogP contribution is -2.07.